The Hall–Kier alpha value is -2.04. The largest absolute Gasteiger partial charge is 0.357 e. The predicted octanol–water partition coefficient (Wildman–Crippen LogP) is 2.22. The van der Waals surface area contributed by atoms with E-state index in [1.165, 1.54) is 11.1 Å². The number of amides is 1. The summed E-state index contributed by atoms with van der Waals surface area (Å²) in [6.07, 6.45) is 0.913. The standard InChI is InChI=1S/C19H32N4O/c1-6-20-17(24)14-23-18(21-7-2)22-13-12-15-8-10-16(11-9-15)19(3,4)5/h8-11H,6-7,12-14H2,1-5H3,(H,20,24)(H2,21,22,23). The molecule has 1 aromatic carbocycles. The number of aliphatic imine (C=N–C) groups is 1. The van der Waals surface area contributed by atoms with E-state index in [2.05, 4.69) is 66.0 Å². The minimum absolute atomic E-state index is 0.0625. The fourth-order valence-corrected chi connectivity index (χ4v) is 2.24. The lowest BCUT2D eigenvalue weighted by Crippen LogP contribution is -2.39. The minimum Gasteiger partial charge on any atom is -0.357 e. The molecule has 1 amide bonds. The van der Waals surface area contributed by atoms with Gasteiger partial charge in [-0.25, -0.2) is 4.99 Å². The number of carbonyl (C=O) groups excluding carboxylic acids is 1. The third-order valence-corrected chi connectivity index (χ3v) is 3.63. The highest BCUT2D eigenvalue weighted by atomic mass is 16.1. The lowest BCUT2D eigenvalue weighted by atomic mass is 9.86. The molecule has 134 valence electrons. The first-order valence-electron chi connectivity index (χ1n) is 8.75. The normalized spacial score (nSPS) is 12.0. The average molecular weight is 332 g/mol. The van der Waals surface area contributed by atoms with Gasteiger partial charge in [0, 0.05) is 19.6 Å². The number of nitrogens with zero attached hydrogens (tertiary/aromatic N) is 1. The molecule has 0 spiro atoms. The van der Waals surface area contributed by atoms with E-state index < -0.39 is 0 Å². The summed E-state index contributed by atoms with van der Waals surface area (Å²) >= 11 is 0. The number of hydrogen-bond acceptors (Lipinski definition) is 2. The molecular weight excluding hydrogens is 300 g/mol. The van der Waals surface area contributed by atoms with Crippen LogP contribution in [0.25, 0.3) is 0 Å². The van der Waals surface area contributed by atoms with Gasteiger partial charge < -0.3 is 16.0 Å². The topological polar surface area (TPSA) is 65.5 Å². The fraction of sp³-hybridized carbons (Fsp3) is 0.579. The predicted molar refractivity (Wildman–Crippen MR) is 102 cm³/mol. The van der Waals surface area contributed by atoms with Gasteiger partial charge in [-0.05, 0) is 36.8 Å². The van der Waals surface area contributed by atoms with Crippen LogP contribution in [0.5, 0.6) is 0 Å². The van der Waals surface area contributed by atoms with Crippen LogP contribution in [0, 0.1) is 0 Å². The molecule has 0 aliphatic rings. The second-order valence-corrected chi connectivity index (χ2v) is 6.77. The smallest absolute Gasteiger partial charge is 0.241 e. The van der Waals surface area contributed by atoms with Gasteiger partial charge in [-0.2, -0.15) is 0 Å². The summed E-state index contributed by atoms with van der Waals surface area (Å²) in [7, 11) is 0. The molecule has 0 fully saturated rings. The second kappa shape index (κ2) is 9.96. The number of hydrogen-bond donors (Lipinski definition) is 3. The van der Waals surface area contributed by atoms with Crippen LogP contribution in [0.2, 0.25) is 0 Å². The summed E-state index contributed by atoms with van der Waals surface area (Å²) in [6.45, 7) is 12.9. The lowest BCUT2D eigenvalue weighted by molar-refractivity contribution is -0.119. The molecule has 0 atom stereocenters. The van der Waals surface area contributed by atoms with Gasteiger partial charge >= 0.3 is 0 Å². The van der Waals surface area contributed by atoms with Crippen molar-refractivity contribution in [2.75, 3.05) is 26.2 Å². The van der Waals surface area contributed by atoms with Gasteiger partial charge in [0.2, 0.25) is 5.91 Å². The van der Waals surface area contributed by atoms with E-state index in [0.717, 1.165) is 19.5 Å². The zero-order valence-electron chi connectivity index (χ0n) is 15.7. The Balaban J connectivity index is 2.50. The average Bonchev–Trinajstić information content (AvgIpc) is 2.52. The van der Waals surface area contributed by atoms with E-state index in [4.69, 9.17) is 0 Å². The number of likely N-dealkylation sites (N-methyl/N-ethyl adjacent to an activating group) is 1. The first-order valence-corrected chi connectivity index (χ1v) is 8.75. The van der Waals surface area contributed by atoms with Crippen LogP contribution >= 0.6 is 0 Å². The third-order valence-electron chi connectivity index (χ3n) is 3.63. The van der Waals surface area contributed by atoms with Gasteiger partial charge in [0.05, 0.1) is 0 Å². The van der Waals surface area contributed by atoms with Crippen molar-refractivity contribution in [2.24, 2.45) is 4.99 Å². The van der Waals surface area contributed by atoms with Gasteiger partial charge in [0.25, 0.3) is 0 Å². The molecule has 0 aliphatic carbocycles. The molecule has 0 saturated carbocycles. The number of benzene rings is 1. The van der Waals surface area contributed by atoms with Crippen LogP contribution in [0.3, 0.4) is 0 Å². The molecule has 0 aromatic heterocycles. The molecular formula is C19H32N4O. The van der Waals surface area contributed by atoms with Gasteiger partial charge in [-0.1, -0.05) is 45.0 Å². The van der Waals surface area contributed by atoms with Crippen LogP contribution in [-0.2, 0) is 16.6 Å². The Morgan fingerprint density at radius 1 is 1.00 bits per heavy atom. The van der Waals surface area contributed by atoms with E-state index in [9.17, 15) is 4.79 Å². The van der Waals surface area contributed by atoms with Gasteiger partial charge in [0.1, 0.15) is 6.54 Å². The van der Waals surface area contributed by atoms with Gasteiger partial charge in [0.15, 0.2) is 5.96 Å². The summed E-state index contributed by atoms with van der Waals surface area (Å²) in [5.41, 5.74) is 2.81. The molecule has 0 heterocycles. The minimum atomic E-state index is -0.0625. The molecule has 3 N–H and O–H groups in total. The third kappa shape index (κ3) is 7.49. The van der Waals surface area contributed by atoms with Crippen molar-refractivity contribution in [1.29, 1.82) is 0 Å². The van der Waals surface area contributed by atoms with E-state index in [-0.39, 0.29) is 17.9 Å². The molecule has 0 saturated heterocycles. The fourth-order valence-electron chi connectivity index (χ4n) is 2.24. The number of guanidine groups is 1. The number of carbonyl (C=O) groups is 1. The SMILES string of the molecule is CCNC(=O)CN=C(NCC)NCCc1ccc(C(C)(C)C)cc1. The number of nitrogens with one attached hydrogen (secondary N) is 3. The molecule has 1 aromatic rings. The summed E-state index contributed by atoms with van der Waals surface area (Å²) < 4.78 is 0. The monoisotopic (exact) mass is 332 g/mol. The van der Waals surface area contributed by atoms with Crippen LogP contribution in [-0.4, -0.2) is 38.0 Å². The van der Waals surface area contributed by atoms with Crippen molar-refractivity contribution in [3.8, 4) is 0 Å². The summed E-state index contributed by atoms with van der Waals surface area (Å²) in [5.74, 6) is 0.613. The van der Waals surface area contributed by atoms with Crippen LogP contribution in [0.15, 0.2) is 29.3 Å². The van der Waals surface area contributed by atoms with Gasteiger partial charge in [-0.3, -0.25) is 4.79 Å². The van der Waals surface area contributed by atoms with Crippen molar-refractivity contribution < 1.29 is 4.79 Å². The lowest BCUT2D eigenvalue weighted by Gasteiger charge is -2.19. The molecule has 0 unspecified atom stereocenters. The van der Waals surface area contributed by atoms with Crippen molar-refractivity contribution in [2.45, 2.75) is 46.5 Å². The zero-order chi connectivity index (χ0) is 18.0. The van der Waals surface area contributed by atoms with Crippen LogP contribution < -0.4 is 16.0 Å². The van der Waals surface area contributed by atoms with E-state index in [1.807, 2.05) is 13.8 Å². The first-order chi connectivity index (χ1) is 11.4. The summed E-state index contributed by atoms with van der Waals surface area (Å²) in [5, 5.41) is 9.17. The highest BCUT2D eigenvalue weighted by molar-refractivity contribution is 5.84. The Morgan fingerprint density at radius 3 is 2.17 bits per heavy atom. The van der Waals surface area contributed by atoms with Crippen molar-refractivity contribution in [3.63, 3.8) is 0 Å². The maximum atomic E-state index is 11.5. The zero-order valence-corrected chi connectivity index (χ0v) is 15.7. The van der Waals surface area contributed by atoms with Crippen molar-refractivity contribution >= 4 is 11.9 Å². The highest BCUT2D eigenvalue weighted by Gasteiger charge is 2.12. The van der Waals surface area contributed by atoms with Crippen molar-refractivity contribution in [3.05, 3.63) is 35.4 Å². The Kier molecular flexibility index (Phi) is 8.30. The van der Waals surface area contributed by atoms with Crippen LogP contribution in [0.1, 0.15) is 45.7 Å². The van der Waals surface area contributed by atoms with E-state index >= 15 is 0 Å². The quantitative estimate of drug-likeness (QED) is 0.530. The molecule has 5 nitrogen and oxygen atoms in total. The molecule has 0 radical (unpaired) electrons. The van der Waals surface area contributed by atoms with Gasteiger partial charge in [-0.15, -0.1) is 0 Å². The molecule has 24 heavy (non-hydrogen) atoms. The molecule has 0 aliphatic heterocycles. The highest BCUT2D eigenvalue weighted by Crippen LogP contribution is 2.22. The Labute approximate surface area is 146 Å². The van der Waals surface area contributed by atoms with E-state index in [1.54, 1.807) is 0 Å². The molecule has 5 heteroatoms. The van der Waals surface area contributed by atoms with Crippen molar-refractivity contribution in [1.82, 2.24) is 16.0 Å². The number of rotatable bonds is 7. The summed E-state index contributed by atoms with van der Waals surface area (Å²) in [6, 6.07) is 8.76. The summed E-state index contributed by atoms with van der Waals surface area (Å²) in [4.78, 5) is 15.8. The maximum absolute atomic E-state index is 11.5. The first kappa shape index (κ1) is 20.0. The maximum Gasteiger partial charge on any atom is 0.241 e. The van der Waals surface area contributed by atoms with E-state index in [0.29, 0.717) is 12.5 Å². The van der Waals surface area contributed by atoms with Crippen LogP contribution in [0.4, 0.5) is 0 Å². The molecule has 1 rings (SSSR count). The Bertz CT molecular complexity index is 529. The molecule has 0 bridgehead atoms. The Morgan fingerprint density at radius 2 is 1.62 bits per heavy atom. The second-order valence-electron chi connectivity index (χ2n) is 6.77.